The summed E-state index contributed by atoms with van der Waals surface area (Å²) in [5.74, 6) is 2.04. The zero-order valence-electron chi connectivity index (χ0n) is 13.7. The van der Waals surface area contributed by atoms with Crippen LogP contribution >= 0.6 is 11.3 Å². The molecule has 0 spiro atoms. The van der Waals surface area contributed by atoms with E-state index in [1.165, 1.54) is 34.2 Å². The minimum absolute atomic E-state index is 0.309. The maximum absolute atomic E-state index is 9.35. The Labute approximate surface area is 145 Å². The van der Waals surface area contributed by atoms with Gasteiger partial charge in [-0.15, -0.1) is 11.3 Å². The number of benzene rings is 1. The fraction of sp³-hybridized carbons (Fsp3) is 0.368. The molecule has 2 heterocycles. The molecule has 124 valence electrons. The SMILES string of the molecule is C[C@@H]1CCc2c(sc3ncnc(NCCc4ccc(O)cc4)c23)C1. The minimum Gasteiger partial charge on any atom is -0.508 e. The monoisotopic (exact) mass is 339 g/mol. The number of hydrogen-bond acceptors (Lipinski definition) is 5. The van der Waals surface area contributed by atoms with Crippen LogP contribution in [0.25, 0.3) is 10.2 Å². The van der Waals surface area contributed by atoms with E-state index < -0.39 is 0 Å². The second kappa shape index (κ2) is 6.40. The van der Waals surface area contributed by atoms with Crippen LogP contribution in [-0.4, -0.2) is 21.6 Å². The van der Waals surface area contributed by atoms with E-state index in [1.807, 2.05) is 23.5 Å². The molecule has 0 bridgehead atoms. The van der Waals surface area contributed by atoms with Crippen molar-refractivity contribution in [3.63, 3.8) is 0 Å². The van der Waals surface area contributed by atoms with Gasteiger partial charge in [0, 0.05) is 11.4 Å². The largest absolute Gasteiger partial charge is 0.508 e. The van der Waals surface area contributed by atoms with Crippen molar-refractivity contribution in [3.8, 4) is 5.75 Å². The first-order chi connectivity index (χ1) is 11.7. The average Bonchev–Trinajstić information content (AvgIpc) is 2.95. The van der Waals surface area contributed by atoms with E-state index in [0.29, 0.717) is 5.75 Å². The van der Waals surface area contributed by atoms with Crippen molar-refractivity contribution in [2.24, 2.45) is 5.92 Å². The van der Waals surface area contributed by atoms with Gasteiger partial charge in [0.05, 0.1) is 5.39 Å². The molecule has 4 nitrogen and oxygen atoms in total. The molecule has 0 fully saturated rings. The fourth-order valence-electron chi connectivity index (χ4n) is 3.40. The number of anilines is 1. The Morgan fingerprint density at radius 3 is 2.92 bits per heavy atom. The van der Waals surface area contributed by atoms with Crippen LogP contribution in [0.1, 0.15) is 29.3 Å². The number of aromatic hydroxyl groups is 1. The third kappa shape index (κ3) is 2.96. The first-order valence-corrected chi connectivity index (χ1v) is 9.29. The molecule has 1 aliphatic rings. The van der Waals surface area contributed by atoms with Gasteiger partial charge in [-0.05, 0) is 54.9 Å². The van der Waals surface area contributed by atoms with Crippen molar-refractivity contribution in [1.29, 1.82) is 0 Å². The van der Waals surface area contributed by atoms with Gasteiger partial charge >= 0.3 is 0 Å². The Bertz CT molecular complexity index is 857. The smallest absolute Gasteiger partial charge is 0.138 e. The van der Waals surface area contributed by atoms with Crippen LogP contribution in [0.4, 0.5) is 5.82 Å². The standard InChI is InChI=1S/C19H21N3OS/c1-12-2-7-15-16(10-12)24-19-17(15)18(21-11-22-19)20-9-8-13-3-5-14(23)6-4-13/h3-6,11-12,23H,2,7-10H2,1H3,(H,20,21,22)/t12-/m1/s1. The summed E-state index contributed by atoms with van der Waals surface area (Å²) in [7, 11) is 0. The van der Waals surface area contributed by atoms with Gasteiger partial charge in [0.2, 0.25) is 0 Å². The number of nitrogens with zero attached hydrogens (tertiary/aromatic N) is 2. The quantitative estimate of drug-likeness (QED) is 0.749. The van der Waals surface area contributed by atoms with E-state index >= 15 is 0 Å². The first-order valence-electron chi connectivity index (χ1n) is 8.47. The molecule has 0 aliphatic heterocycles. The molecule has 1 aromatic carbocycles. The summed E-state index contributed by atoms with van der Waals surface area (Å²) in [5.41, 5.74) is 2.66. The van der Waals surface area contributed by atoms with E-state index in [9.17, 15) is 5.11 Å². The Morgan fingerprint density at radius 1 is 1.25 bits per heavy atom. The summed E-state index contributed by atoms with van der Waals surface area (Å²) in [6.07, 6.45) is 6.12. The van der Waals surface area contributed by atoms with E-state index in [1.54, 1.807) is 18.5 Å². The van der Waals surface area contributed by atoms with Crippen LogP contribution in [0.5, 0.6) is 5.75 Å². The maximum Gasteiger partial charge on any atom is 0.138 e. The molecule has 0 saturated heterocycles. The van der Waals surface area contributed by atoms with Crippen LogP contribution in [0, 0.1) is 5.92 Å². The van der Waals surface area contributed by atoms with Gasteiger partial charge in [-0.25, -0.2) is 9.97 Å². The lowest BCUT2D eigenvalue weighted by atomic mass is 9.89. The molecule has 4 rings (SSSR count). The van der Waals surface area contributed by atoms with Crippen molar-refractivity contribution >= 4 is 27.4 Å². The highest BCUT2D eigenvalue weighted by Crippen LogP contribution is 2.39. The van der Waals surface area contributed by atoms with E-state index in [4.69, 9.17) is 0 Å². The summed E-state index contributed by atoms with van der Waals surface area (Å²) in [4.78, 5) is 11.6. The number of hydrogen-bond donors (Lipinski definition) is 2. The Kier molecular flexibility index (Phi) is 4.10. The molecule has 0 amide bonds. The topological polar surface area (TPSA) is 58.0 Å². The first kappa shape index (κ1) is 15.4. The Hall–Kier alpha value is -2.14. The lowest BCUT2D eigenvalue weighted by Gasteiger charge is -2.18. The number of thiophene rings is 1. The van der Waals surface area contributed by atoms with Crippen LogP contribution in [0.2, 0.25) is 0 Å². The molecule has 1 aliphatic carbocycles. The van der Waals surface area contributed by atoms with Gasteiger partial charge in [-0.1, -0.05) is 19.1 Å². The highest BCUT2D eigenvalue weighted by Gasteiger charge is 2.22. The fourth-order valence-corrected chi connectivity index (χ4v) is 4.75. The number of nitrogens with one attached hydrogen (secondary N) is 1. The number of phenolic OH excluding ortho intramolecular Hbond substituents is 1. The molecule has 24 heavy (non-hydrogen) atoms. The summed E-state index contributed by atoms with van der Waals surface area (Å²) in [6, 6.07) is 7.38. The van der Waals surface area contributed by atoms with Crippen molar-refractivity contribution in [3.05, 3.63) is 46.6 Å². The van der Waals surface area contributed by atoms with Gasteiger partial charge in [0.15, 0.2) is 0 Å². The second-order valence-corrected chi connectivity index (χ2v) is 7.68. The predicted molar refractivity (Wildman–Crippen MR) is 98.9 cm³/mol. The number of rotatable bonds is 4. The third-order valence-corrected chi connectivity index (χ3v) is 5.90. The molecule has 3 aromatic rings. The van der Waals surface area contributed by atoms with Crippen molar-refractivity contribution in [2.75, 3.05) is 11.9 Å². The number of aryl methyl sites for hydroxylation is 1. The number of aromatic nitrogens is 2. The summed E-state index contributed by atoms with van der Waals surface area (Å²) < 4.78 is 0. The van der Waals surface area contributed by atoms with E-state index in [0.717, 1.165) is 36.0 Å². The number of fused-ring (bicyclic) bond motifs is 3. The summed E-state index contributed by atoms with van der Waals surface area (Å²) >= 11 is 1.83. The molecular weight excluding hydrogens is 318 g/mol. The predicted octanol–water partition coefficient (Wildman–Crippen LogP) is 4.18. The van der Waals surface area contributed by atoms with Crippen LogP contribution in [0.15, 0.2) is 30.6 Å². The zero-order valence-corrected chi connectivity index (χ0v) is 14.6. The zero-order chi connectivity index (χ0) is 16.5. The highest BCUT2D eigenvalue weighted by molar-refractivity contribution is 7.19. The normalized spacial score (nSPS) is 17.0. The van der Waals surface area contributed by atoms with Crippen molar-refractivity contribution in [1.82, 2.24) is 9.97 Å². The summed E-state index contributed by atoms with van der Waals surface area (Å²) in [6.45, 7) is 3.15. The molecular formula is C19H21N3OS. The molecule has 5 heteroatoms. The number of phenols is 1. The van der Waals surface area contributed by atoms with Gasteiger partial charge in [-0.3, -0.25) is 0 Å². The average molecular weight is 339 g/mol. The lowest BCUT2D eigenvalue weighted by Crippen LogP contribution is -2.10. The second-order valence-electron chi connectivity index (χ2n) is 6.60. The third-order valence-electron chi connectivity index (χ3n) is 4.73. The van der Waals surface area contributed by atoms with E-state index in [-0.39, 0.29) is 0 Å². The molecule has 0 saturated carbocycles. The molecule has 1 atom stereocenters. The molecule has 2 aromatic heterocycles. The van der Waals surface area contributed by atoms with Gasteiger partial charge in [0.25, 0.3) is 0 Å². The molecule has 0 unspecified atom stereocenters. The van der Waals surface area contributed by atoms with Gasteiger partial charge in [0.1, 0.15) is 22.7 Å². The molecule has 2 N–H and O–H groups in total. The van der Waals surface area contributed by atoms with Crippen molar-refractivity contribution in [2.45, 2.75) is 32.6 Å². The highest BCUT2D eigenvalue weighted by atomic mass is 32.1. The van der Waals surface area contributed by atoms with Crippen LogP contribution in [-0.2, 0) is 19.3 Å². The molecule has 0 radical (unpaired) electrons. The lowest BCUT2D eigenvalue weighted by molar-refractivity contribution is 0.475. The van der Waals surface area contributed by atoms with Gasteiger partial charge < -0.3 is 10.4 Å². The van der Waals surface area contributed by atoms with Crippen LogP contribution < -0.4 is 5.32 Å². The Morgan fingerprint density at radius 2 is 2.08 bits per heavy atom. The van der Waals surface area contributed by atoms with Crippen molar-refractivity contribution < 1.29 is 5.11 Å². The minimum atomic E-state index is 0.309. The maximum atomic E-state index is 9.35. The summed E-state index contributed by atoms with van der Waals surface area (Å²) in [5, 5.41) is 14.1. The Balaban J connectivity index is 1.54. The van der Waals surface area contributed by atoms with E-state index in [2.05, 4.69) is 22.2 Å². The van der Waals surface area contributed by atoms with Gasteiger partial charge in [-0.2, -0.15) is 0 Å². The van der Waals surface area contributed by atoms with Crippen LogP contribution in [0.3, 0.4) is 0 Å².